The average Bonchev–Trinajstić information content (AvgIpc) is 2.93. The first-order valence-corrected chi connectivity index (χ1v) is 7.58. The van der Waals surface area contributed by atoms with Crippen LogP contribution in [0.1, 0.15) is 25.1 Å². The molecule has 0 aromatic carbocycles. The Labute approximate surface area is 133 Å². The molecular formula is C15H19N5O3. The lowest BCUT2D eigenvalue weighted by atomic mass is 10.1. The first kappa shape index (κ1) is 15.4. The fourth-order valence-corrected chi connectivity index (χ4v) is 2.42. The molecule has 2 aromatic rings. The summed E-state index contributed by atoms with van der Waals surface area (Å²) >= 11 is 0. The van der Waals surface area contributed by atoms with Crippen LogP contribution in [0.2, 0.25) is 0 Å². The molecule has 3 rings (SSSR count). The van der Waals surface area contributed by atoms with Gasteiger partial charge in [0.2, 0.25) is 5.91 Å². The van der Waals surface area contributed by atoms with Gasteiger partial charge < -0.3 is 19.9 Å². The van der Waals surface area contributed by atoms with Gasteiger partial charge >= 0.3 is 0 Å². The van der Waals surface area contributed by atoms with Crippen LogP contribution in [0.15, 0.2) is 22.9 Å². The Balaban J connectivity index is 1.67. The molecule has 2 N–H and O–H groups in total. The van der Waals surface area contributed by atoms with Gasteiger partial charge in [-0.25, -0.2) is 4.98 Å². The zero-order valence-corrected chi connectivity index (χ0v) is 12.9. The maximum atomic E-state index is 11.9. The Morgan fingerprint density at radius 3 is 3.13 bits per heavy atom. The second-order valence-electron chi connectivity index (χ2n) is 5.36. The first-order chi connectivity index (χ1) is 11.3. The number of hydrogen-bond donors (Lipinski definition) is 2. The summed E-state index contributed by atoms with van der Waals surface area (Å²) in [6, 6.07) is 3.38. The van der Waals surface area contributed by atoms with Gasteiger partial charge in [-0.05, 0) is 31.4 Å². The predicted octanol–water partition coefficient (Wildman–Crippen LogP) is 1.36. The van der Waals surface area contributed by atoms with Crippen LogP contribution in [0.25, 0.3) is 11.5 Å². The minimum atomic E-state index is -0.243. The molecule has 0 saturated carbocycles. The van der Waals surface area contributed by atoms with Crippen molar-refractivity contribution in [2.45, 2.75) is 31.9 Å². The number of ether oxygens (including phenoxy) is 1. The minimum absolute atomic E-state index is 0.0227. The second-order valence-corrected chi connectivity index (χ2v) is 5.36. The number of methoxy groups -OCH3 is 1. The molecule has 122 valence electrons. The molecule has 0 radical (unpaired) electrons. The van der Waals surface area contributed by atoms with Gasteiger partial charge in [-0.1, -0.05) is 5.16 Å². The summed E-state index contributed by atoms with van der Waals surface area (Å²) in [6.45, 7) is 1.04. The molecule has 0 unspecified atom stereocenters. The summed E-state index contributed by atoms with van der Waals surface area (Å²) in [6.07, 6.45) is 4.47. The van der Waals surface area contributed by atoms with Crippen LogP contribution in [0.5, 0.6) is 0 Å². The third kappa shape index (κ3) is 3.84. The topological polar surface area (TPSA) is 102 Å². The van der Waals surface area contributed by atoms with Gasteiger partial charge in [-0.15, -0.1) is 0 Å². The summed E-state index contributed by atoms with van der Waals surface area (Å²) in [4.78, 5) is 20.5. The third-order valence-electron chi connectivity index (χ3n) is 3.61. The molecule has 1 amide bonds. The highest BCUT2D eigenvalue weighted by Gasteiger charge is 2.20. The number of hydrogen-bond acceptors (Lipinski definition) is 7. The smallest absolute Gasteiger partial charge is 0.259 e. The molecule has 8 heteroatoms. The van der Waals surface area contributed by atoms with Gasteiger partial charge in [0.1, 0.15) is 18.5 Å². The lowest BCUT2D eigenvalue weighted by Gasteiger charge is -2.15. The Hall–Kier alpha value is -2.48. The molecule has 23 heavy (non-hydrogen) atoms. The highest BCUT2D eigenvalue weighted by Crippen LogP contribution is 2.19. The number of anilines is 1. The number of aromatic nitrogens is 3. The number of pyridine rings is 1. The van der Waals surface area contributed by atoms with Crippen LogP contribution in [0, 0.1) is 0 Å². The van der Waals surface area contributed by atoms with Crippen LogP contribution >= 0.6 is 0 Å². The fourth-order valence-electron chi connectivity index (χ4n) is 2.42. The minimum Gasteiger partial charge on any atom is -0.377 e. The van der Waals surface area contributed by atoms with Gasteiger partial charge in [0.15, 0.2) is 5.82 Å². The second kappa shape index (κ2) is 7.19. The Morgan fingerprint density at radius 1 is 1.43 bits per heavy atom. The Bertz CT molecular complexity index is 655. The molecule has 1 fully saturated rings. The van der Waals surface area contributed by atoms with Gasteiger partial charge in [-0.3, -0.25) is 4.79 Å². The van der Waals surface area contributed by atoms with E-state index in [1.54, 1.807) is 19.4 Å². The van der Waals surface area contributed by atoms with E-state index in [0.29, 0.717) is 24.1 Å². The first-order valence-electron chi connectivity index (χ1n) is 7.58. The standard InChI is InChI=1S/C15H19N5O3/c1-22-9-13-19-15(23-20-13)10-5-6-12(17-8-10)18-11-4-2-3-7-16-14(11)21/h5-6,8,11H,2-4,7,9H2,1H3,(H,16,21)(H,17,18)/t11-/m0/s1. The van der Waals surface area contributed by atoms with E-state index in [2.05, 4.69) is 25.8 Å². The SMILES string of the molecule is COCc1noc(-c2ccc(N[C@H]3CCCCNC3=O)nc2)n1. The number of carbonyl (C=O) groups excluding carboxylic acids is 1. The average molecular weight is 317 g/mol. The van der Waals surface area contributed by atoms with Gasteiger partial charge in [-0.2, -0.15) is 4.98 Å². The third-order valence-corrected chi connectivity index (χ3v) is 3.61. The van der Waals surface area contributed by atoms with E-state index in [4.69, 9.17) is 9.26 Å². The van der Waals surface area contributed by atoms with E-state index < -0.39 is 0 Å². The molecule has 0 aliphatic carbocycles. The van der Waals surface area contributed by atoms with Crippen molar-refractivity contribution in [2.24, 2.45) is 0 Å². The monoisotopic (exact) mass is 317 g/mol. The maximum absolute atomic E-state index is 11.9. The number of carbonyl (C=O) groups is 1. The summed E-state index contributed by atoms with van der Waals surface area (Å²) < 4.78 is 10.1. The summed E-state index contributed by atoms with van der Waals surface area (Å²) in [5, 5.41) is 9.87. The van der Waals surface area contributed by atoms with E-state index in [-0.39, 0.29) is 11.9 Å². The van der Waals surface area contributed by atoms with Gasteiger partial charge in [0, 0.05) is 19.9 Å². The highest BCUT2D eigenvalue weighted by atomic mass is 16.5. The lowest BCUT2D eigenvalue weighted by Crippen LogP contribution is -2.38. The van der Waals surface area contributed by atoms with Crippen molar-refractivity contribution in [2.75, 3.05) is 19.0 Å². The van der Waals surface area contributed by atoms with Crippen LogP contribution in [0.3, 0.4) is 0 Å². The molecule has 1 aliphatic rings. The van der Waals surface area contributed by atoms with E-state index in [1.807, 2.05) is 6.07 Å². The van der Waals surface area contributed by atoms with E-state index in [0.717, 1.165) is 31.4 Å². The summed E-state index contributed by atoms with van der Waals surface area (Å²) in [5.74, 6) is 1.55. The van der Waals surface area contributed by atoms with Crippen molar-refractivity contribution in [3.8, 4) is 11.5 Å². The normalized spacial score (nSPS) is 18.3. The Morgan fingerprint density at radius 2 is 2.35 bits per heavy atom. The zero-order chi connectivity index (χ0) is 16.1. The summed E-state index contributed by atoms with van der Waals surface area (Å²) in [5.41, 5.74) is 0.718. The van der Waals surface area contributed by atoms with Crippen LogP contribution in [-0.2, 0) is 16.1 Å². The largest absolute Gasteiger partial charge is 0.377 e. The van der Waals surface area contributed by atoms with Crippen LogP contribution in [-0.4, -0.2) is 40.7 Å². The molecule has 1 atom stereocenters. The van der Waals surface area contributed by atoms with Crippen molar-refractivity contribution >= 4 is 11.7 Å². The molecule has 8 nitrogen and oxygen atoms in total. The summed E-state index contributed by atoms with van der Waals surface area (Å²) in [7, 11) is 1.57. The van der Waals surface area contributed by atoms with Crippen molar-refractivity contribution in [3.63, 3.8) is 0 Å². The highest BCUT2D eigenvalue weighted by molar-refractivity contribution is 5.84. The van der Waals surface area contributed by atoms with Crippen LogP contribution < -0.4 is 10.6 Å². The van der Waals surface area contributed by atoms with Crippen molar-refractivity contribution < 1.29 is 14.1 Å². The quantitative estimate of drug-likeness (QED) is 0.858. The molecule has 0 spiro atoms. The Kier molecular flexibility index (Phi) is 4.82. The predicted molar refractivity (Wildman–Crippen MR) is 82.5 cm³/mol. The number of rotatable bonds is 5. The van der Waals surface area contributed by atoms with E-state index in [9.17, 15) is 4.79 Å². The maximum Gasteiger partial charge on any atom is 0.259 e. The molecule has 1 aliphatic heterocycles. The van der Waals surface area contributed by atoms with E-state index >= 15 is 0 Å². The van der Waals surface area contributed by atoms with Crippen molar-refractivity contribution in [1.29, 1.82) is 0 Å². The zero-order valence-electron chi connectivity index (χ0n) is 12.9. The van der Waals surface area contributed by atoms with Gasteiger partial charge in [0.05, 0.1) is 5.56 Å². The number of nitrogens with zero attached hydrogens (tertiary/aromatic N) is 3. The molecular weight excluding hydrogens is 298 g/mol. The number of amides is 1. The molecule has 3 heterocycles. The molecule has 2 aromatic heterocycles. The van der Waals surface area contributed by atoms with Crippen molar-refractivity contribution in [3.05, 3.63) is 24.2 Å². The van der Waals surface area contributed by atoms with Crippen molar-refractivity contribution in [1.82, 2.24) is 20.4 Å². The number of nitrogens with one attached hydrogen (secondary N) is 2. The molecule has 0 bridgehead atoms. The fraction of sp³-hybridized carbons (Fsp3) is 0.467. The molecule has 1 saturated heterocycles. The van der Waals surface area contributed by atoms with Gasteiger partial charge in [0.25, 0.3) is 5.89 Å². The lowest BCUT2D eigenvalue weighted by molar-refractivity contribution is -0.121. The van der Waals surface area contributed by atoms with E-state index in [1.165, 1.54) is 0 Å². The van der Waals surface area contributed by atoms with Crippen LogP contribution in [0.4, 0.5) is 5.82 Å².